The maximum absolute atomic E-state index is 6.34. The first-order chi connectivity index (χ1) is 8.48. The molecule has 0 fully saturated rings. The number of hydrazone groups is 1. The normalized spacial score (nSPS) is 21.1. The summed E-state index contributed by atoms with van der Waals surface area (Å²) < 4.78 is -3.43. The van der Waals surface area contributed by atoms with Gasteiger partial charge in [-0.2, -0.15) is 5.10 Å². The van der Waals surface area contributed by atoms with Gasteiger partial charge in [0.2, 0.25) is 8.13 Å². The van der Waals surface area contributed by atoms with E-state index in [1.807, 2.05) is 18.7 Å². The zero-order chi connectivity index (χ0) is 15.0. The van der Waals surface area contributed by atoms with E-state index in [2.05, 4.69) is 18.9 Å². The maximum atomic E-state index is 6.34. The number of nitrogens with zero attached hydrogens (tertiary/aromatic N) is 3. The molecule has 0 spiro atoms. The van der Waals surface area contributed by atoms with Crippen molar-refractivity contribution in [1.82, 2.24) is 9.91 Å². The van der Waals surface area contributed by atoms with Crippen molar-refractivity contribution < 1.29 is 0 Å². The Kier molecular flexibility index (Phi) is 5.83. The topological polar surface area (TPSA) is 18.8 Å². The Morgan fingerprint density at radius 3 is 2.00 bits per heavy atom. The first-order valence-electron chi connectivity index (χ1n) is 6.01. The third-order valence-corrected chi connectivity index (χ3v) is 5.14. The molecule has 0 saturated heterocycles. The molecular formula is C11H18Cl5N3. The fourth-order valence-corrected chi connectivity index (χ4v) is 2.65. The van der Waals surface area contributed by atoms with Crippen LogP contribution in [0.15, 0.2) is 5.10 Å². The number of halogens is 5. The van der Waals surface area contributed by atoms with Crippen molar-refractivity contribution in [3.63, 3.8) is 0 Å². The largest absolute Gasteiger partial charge is 0.337 e. The molecular weight excluding hydrogens is 351 g/mol. The molecule has 0 amide bonds. The Morgan fingerprint density at radius 1 is 1.11 bits per heavy atom. The predicted molar refractivity (Wildman–Crippen MR) is 85.5 cm³/mol. The average molecular weight is 370 g/mol. The van der Waals surface area contributed by atoms with Crippen LogP contribution in [-0.4, -0.2) is 43.1 Å². The lowest BCUT2D eigenvalue weighted by Gasteiger charge is -2.43. The summed E-state index contributed by atoms with van der Waals surface area (Å²) in [6.07, 6.45) is 1.17. The minimum absolute atomic E-state index is 0.0858. The van der Waals surface area contributed by atoms with Crippen molar-refractivity contribution in [2.24, 2.45) is 11.0 Å². The summed E-state index contributed by atoms with van der Waals surface area (Å²) in [7, 11) is 0. The molecule has 1 aliphatic heterocycles. The summed E-state index contributed by atoms with van der Waals surface area (Å²) in [5, 5.41) is 6.07. The molecule has 0 aromatic carbocycles. The molecule has 1 unspecified atom stereocenters. The maximum Gasteiger partial charge on any atom is 0.227 e. The summed E-state index contributed by atoms with van der Waals surface area (Å²) in [5.74, 6) is 0.403. The average Bonchev–Trinajstić information content (AvgIpc) is 2.58. The second-order valence-electron chi connectivity index (χ2n) is 5.29. The van der Waals surface area contributed by atoms with E-state index in [1.54, 1.807) is 11.3 Å². The zero-order valence-corrected chi connectivity index (χ0v) is 15.0. The van der Waals surface area contributed by atoms with E-state index < -0.39 is 14.3 Å². The predicted octanol–water partition coefficient (Wildman–Crippen LogP) is 4.48. The number of hydrogen-bond acceptors (Lipinski definition) is 3. The van der Waals surface area contributed by atoms with E-state index in [0.717, 1.165) is 6.54 Å². The fraction of sp³-hybridized carbons (Fsp3) is 0.909. The van der Waals surface area contributed by atoms with Crippen molar-refractivity contribution in [3.8, 4) is 0 Å². The molecule has 0 N–H and O–H groups in total. The monoisotopic (exact) mass is 367 g/mol. The van der Waals surface area contributed by atoms with Crippen LogP contribution in [0, 0.1) is 5.92 Å². The Hall–Kier alpha value is 0.720. The molecule has 112 valence electrons. The van der Waals surface area contributed by atoms with Crippen LogP contribution >= 0.6 is 58.0 Å². The first-order valence-corrected chi connectivity index (χ1v) is 7.90. The highest BCUT2D eigenvalue weighted by Crippen LogP contribution is 2.51. The van der Waals surface area contributed by atoms with Gasteiger partial charge in [0, 0.05) is 12.6 Å². The van der Waals surface area contributed by atoms with Gasteiger partial charge in [-0.1, -0.05) is 71.9 Å². The van der Waals surface area contributed by atoms with Crippen LogP contribution in [0.1, 0.15) is 27.7 Å². The van der Waals surface area contributed by atoms with Gasteiger partial charge in [0.05, 0.1) is 0 Å². The van der Waals surface area contributed by atoms with Crippen LogP contribution < -0.4 is 0 Å². The van der Waals surface area contributed by atoms with Crippen LogP contribution in [-0.2, 0) is 0 Å². The molecule has 1 rings (SSSR count). The van der Waals surface area contributed by atoms with Crippen LogP contribution in [0.25, 0.3) is 0 Å². The molecule has 0 aliphatic carbocycles. The Labute approximate surface area is 139 Å². The Balaban J connectivity index is 3.08. The van der Waals surface area contributed by atoms with Crippen molar-refractivity contribution in [2.45, 2.75) is 48.0 Å². The van der Waals surface area contributed by atoms with E-state index in [4.69, 9.17) is 58.0 Å². The van der Waals surface area contributed by atoms with Gasteiger partial charge < -0.3 is 4.90 Å². The molecule has 8 heteroatoms. The molecule has 1 heterocycles. The molecule has 0 saturated carbocycles. The van der Waals surface area contributed by atoms with Gasteiger partial charge in [-0.25, -0.2) is 0 Å². The highest BCUT2D eigenvalue weighted by atomic mass is 35.6. The quantitative estimate of drug-likeness (QED) is 0.680. The molecule has 19 heavy (non-hydrogen) atoms. The lowest BCUT2D eigenvalue weighted by molar-refractivity contribution is 0.0807. The van der Waals surface area contributed by atoms with Crippen LogP contribution in [0.4, 0.5) is 0 Å². The minimum Gasteiger partial charge on any atom is -0.337 e. The van der Waals surface area contributed by atoms with Gasteiger partial charge >= 0.3 is 0 Å². The minimum atomic E-state index is -1.82. The van der Waals surface area contributed by atoms with Gasteiger partial charge in [-0.3, -0.25) is 5.01 Å². The van der Waals surface area contributed by atoms with Crippen molar-refractivity contribution in [1.29, 1.82) is 0 Å². The summed E-state index contributed by atoms with van der Waals surface area (Å²) in [5.41, 5.74) is 0. The van der Waals surface area contributed by atoms with Gasteiger partial charge in [-0.05, 0) is 19.8 Å². The fourth-order valence-electron chi connectivity index (χ4n) is 1.91. The standard InChI is InChI=1S/C11H18Cl5N3/c1-7(2)5-18-6-17-19(8(3)4)9(18)10(12,13)11(14,15)16/h6-9H,5H2,1-4H3. The second kappa shape index (κ2) is 6.23. The van der Waals surface area contributed by atoms with Crippen LogP contribution in [0.3, 0.4) is 0 Å². The third kappa shape index (κ3) is 3.88. The van der Waals surface area contributed by atoms with Crippen LogP contribution in [0.5, 0.6) is 0 Å². The van der Waals surface area contributed by atoms with E-state index >= 15 is 0 Å². The lowest BCUT2D eigenvalue weighted by atomic mass is 10.2. The molecule has 1 atom stereocenters. The second-order valence-corrected chi connectivity index (χ2v) is 8.96. The molecule has 1 aliphatic rings. The number of alkyl halides is 5. The number of rotatable bonds is 4. The summed E-state index contributed by atoms with van der Waals surface area (Å²) in [4.78, 5) is 1.91. The van der Waals surface area contributed by atoms with Gasteiger partial charge in [-0.15, -0.1) is 0 Å². The Morgan fingerprint density at radius 2 is 1.63 bits per heavy atom. The van der Waals surface area contributed by atoms with Crippen molar-refractivity contribution in [3.05, 3.63) is 0 Å². The summed E-state index contributed by atoms with van der Waals surface area (Å²) in [6, 6.07) is 0.0858. The SMILES string of the molecule is CC(C)CN1C=NN(C(C)C)C1C(Cl)(Cl)C(Cl)(Cl)Cl. The molecule has 0 radical (unpaired) electrons. The number of hydrogen-bond donors (Lipinski definition) is 0. The van der Waals surface area contributed by atoms with Crippen molar-refractivity contribution >= 4 is 64.3 Å². The van der Waals surface area contributed by atoms with Gasteiger partial charge in [0.1, 0.15) is 6.34 Å². The van der Waals surface area contributed by atoms with E-state index in [0.29, 0.717) is 5.92 Å². The lowest BCUT2D eigenvalue weighted by Crippen LogP contribution is -2.58. The zero-order valence-electron chi connectivity index (χ0n) is 11.2. The molecule has 0 bridgehead atoms. The third-order valence-electron chi connectivity index (χ3n) is 2.71. The van der Waals surface area contributed by atoms with Gasteiger partial charge in [0.25, 0.3) is 0 Å². The smallest absolute Gasteiger partial charge is 0.227 e. The van der Waals surface area contributed by atoms with Crippen molar-refractivity contribution in [2.75, 3.05) is 6.54 Å². The molecule has 3 nitrogen and oxygen atoms in total. The van der Waals surface area contributed by atoms with E-state index in [9.17, 15) is 0 Å². The highest BCUT2D eigenvalue weighted by molar-refractivity contribution is 6.75. The highest BCUT2D eigenvalue weighted by Gasteiger charge is 2.57. The van der Waals surface area contributed by atoms with Crippen LogP contribution in [0.2, 0.25) is 0 Å². The Bertz CT molecular complexity index is 338. The summed E-state index contributed by atoms with van der Waals surface area (Å²) >= 11 is 30.5. The molecule has 0 aromatic heterocycles. The summed E-state index contributed by atoms with van der Waals surface area (Å²) in [6.45, 7) is 8.85. The first kappa shape index (κ1) is 17.8. The molecule has 0 aromatic rings. The van der Waals surface area contributed by atoms with Gasteiger partial charge in [0.15, 0.2) is 6.17 Å². The van der Waals surface area contributed by atoms with E-state index in [1.165, 1.54) is 0 Å². The van der Waals surface area contributed by atoms with E-state index in [-0.39, 0.29) is 6.04 Å².